The van der Waals surface area contributed by atoms with Gasteiger partial charge in [-0.2, -0.15) is 5.10 Å². The minimum Gasteiger partial charge on any atom is -0.481 e. The third-order valence-electron chi connectivity index (χ3n) is 4.72. The van der Waals surface area contributed by atoms with Gasteiger partial charge in [-0.05, 0) is 62.9 Å². The summed E-state index contributed by atoms with van der Waals surface area (Å²) in [5, 5.41) is 16.5. The molecule has 1 heterocycles. The Balaban J connectivity index is 1.82. The number of amides is 1. The van der Waals surface area contributed by atoms with E-state index in [-0.39, 0.29) is 11.9 Å². The van der Waals surface area contributed by atoms with Crippen LogP contribution in [0.1, 0.15) is 46.6 Å². The van der Waals surface area contributed by atoms with Gasteiger partial charge in [-0.25, -0.2) is 4.68 Å². The first kappa shape index (κ1) is 17.2. The van der Waals surface area contributed by atoms with Crippen LogP contribution < -0.4 is 5.32 Å². The maximum atomic E-state index is 12.5. The summed E-state index contributed by atoms with van der Waals surface area (Å²) in [6.07, 6.45) is 2.12. The highest BCUT2D eigenvalue weighted by Crippen LogP contribution is 2.26. The van der Waals surface area contributed by atoms with Gasteiger partial charge in [0.15, 0.2) is 5.69 Å². The average Bonchev–Trinajstić information content (AvgIpc) is 3.12. The zero-order valence-corrected chi connectivity index (χ0v) is 14.7. The number of aryl methyl sites for hydroxylation is 3. The lowest BCUT2D eigenvalue weighted by Gasteiger charge is -2.16. The molecule has 0 aliphatic heterocycles. The van der Waals surface area contributed by atoms with Gasteiger partial charge in [0, 0.05) is 11.7 Å². The molecule has 25 heavy (non-hydrogen) atoms. The van der Waals surface area contributed by atoms with Crippen LogP contribution in [0.2, 0.25) is 0 Å². The van der Waals surface area contributed by atoms with E-state index in [1.807, 2.05) is 32.9 Å². The van der Waals surface area contributed by atoms with Crippen molar-refractivity contribution in [2.45, 2.75) is 46.1 Å². The fourth-order valence-corrected chi connectivity index (χ4v) is 3.59. The van der Waals surface area contributed by atoms with Crippen molar-refractivity contribution in [1.29, 1.82) is 0 Å². The second-order valence-electron chi connectivity index (χ2n) is 6.88. The maximum absolute atomic E-state index is 12.5. The van der Waals surface area contributed by atoms with E-state index in [9.17, 15) is 14.7 Å². The second-order valence-corrected chi connectivity index (χ2v) is 6.88. The minimum atomic E-state index is -0.847. The summed E-state index contributed by atoms with van der Waals surface area (Å²) in [6.45, 7) is 5.95. The lowest BCUT2D eigenvalue weighted by atomic mass is 10.0. The fraction of sp³-hybridized carbons (Fsp3) is 0.421. The number of benzene rings is 1. The van der Waals surface area contributed by atoms with E-state index in [0.717, 1.165) is 28.9 Å². The van der Waals surface area contributed by atoms with E-state index in [0.29, 0.717) is 18.5 Å². The summed E-state index contributed by atoms with van der Waals surface area (Å²) in [4.78, 5) is 23.8. The summed E-state index contributed by atoms with van der Waals surface area (Å²) in [5.74, 6) is -1.67. The maximum Gasteiger partial charge on any atom is 0.308 e. The molecule has 0 spiro atoms. The normalized spacial score (nSPS) is 19.8. The third-order valence-corrected chi connectivity index (χ3v) is 4.72. The van der Waals surface area contributed by atoms with Crippen LogP contribution in [-0.2, 0) is 4.79 Å². The molecule has 132 valence electrons. The first-order valence-electron chi connectivity index (χ1n) is 8.54. The fourth-order valence-electron chi connectivity index (χ4n) is 3.59. The van der Waals surface area contributed by atoms with E-state index in [1.54, 1.807) is 10.7 Å². The van der Waals surface area contributed by atoms with E-state index in [4.69, 9.17) is 0 Å². The van der Waals surface area contributed by atoms with Gasteiger partial charge in [-0.3, -0.25) is 9.59 Å². The Labute approximate surface area is 146 Å². The monoisotopic (exact) mass is 341 g/mol. The van der Waals surface area contributed by atoms with Gasteiger partial charge in [-0.1, -0.05) is 12.5 Å². The van der Waals surface area contributed by atoms with Crippen LogP contribution in [0.15, 0.2) is 24.3 Å². The molecule has 2 N–H and O–H groups in total. The molecule has 0 saturated heterocycles. The minimum absolute atomic E-state index is 0.313. The van der Waals surface area contributed by atoms with Crippen molar-refractivity contribution in [3.05, 3.63) is 46.8 Å². The van der Waals surface area contributed by atoms with Crippen molar-refractivity contribution < 1.29 is 14.7 Å². The molecule has 1 amide bonds. The average molecular weight is 341 g/mol. The quantitative estimate of drug-likeness (QED) is 0.895. The number of carbonyl (C=O) groups excluding carboxylic acids is 1. The van der Waals surface area contributed by atoms with Crippen molar-refractivity contribution >= 4 is 11.9 Å². The van der Waals surface area contributed by atoms with Crippen LogP contribution in [0.3, 0.4) is 0 Å². The van der Waals surface area contributed by atoms with Crippen LogP contribution in [0.4, 0.5) is 0 Å². The summed E-state index contributed by atoms with van der Waals surface area (Å²) in [5.41, 5.74) is 4.35. The van der Waals surface area contributed by atoms with Crippen LogP contribution in [-0.4, -0.2) is 32.8 Å². The largest absolute Gasteiger partial charge is 0.481 e. The summed E-state index contributed by atoms with van der Waals surface area (Å²) < 4.78 is 1.75. The first-order chi connectivity index (χ1) is 11.8. The smallest absolute Gasteiger partial charge is 0.308 e. The van der Waals surface area contributed by atoms with Crippen molar-refractivity contribution in [2.75, 3.05) is 0 Å². The van der Waals surface area contributed by atoms with Gasteiger partial charge >= 0.3 is 5.97 Å². The second kappa shape index (κ2) is 6.70. The molecule has 1 fully saturated rings. The number of carbonyl (C=O) groups is 2. The topological polar surface area (TPSA) is 84.2 Å². The first-order valence-corrected chi connectivity index (χ1v) is 8.54. The number of carboxylic acid groups (broad SMARTS) is 1. The molecule has 1 aliphatic carbocycles. The van der Waals surface area contributed by atoms with Gasteiger partial charge in [-0.15, -0.1) is 0 Å². The molecule has 6 heteroatoms. The van der Waals surface area contributed by atoms with Crippen molar-refractivity contribution in [2.24, 2.45) is 5.92 Å². The Morgan fingerprint density at radius 2 is 1.80 bits per heavy atom. The number of aliphatic carboxylic acids is 1. The Morgan fingerprint density at radius 3 is 2.44 bits per heavy atom. The van der Waals surface area contributed by atoms with Gasteiger partial charge in [0.05, 0.1) is 11.6 Å². The Morgan fingerprint density at radius 1 is 1.12 bits per heavy atom. The van der Waals surface area contributed by atoms with Crippen molar-refractivity contribution in [3.63, 3.8) is 0 Å². The van der Waals surface area contributed by atoms with Crippen LogP contribution in [0.25, 0.3) is 5.69 Å². The SMILES string of the molecule is Cc1cc(C)cc(-n2nc(C(=O)N[C@@H]3CCC[C@@H]3C(=O)O)cc2C)c1. The molecule has 6 nitrogen and oxygen atoms in total. The predicted molar refractivity (Wildman–Crippen MR) is 94.0 cm³/mol. The van der Waals surface area contributed by atoms with E-state index in [2.05, 4.69) is 16.5 Å². The Bertz CT molecular complexity index is 805. The molecular weight excluding hydrogens is 318 g/mol. The van der Waals surface area contributed by atoms with Gasteiger partial charge in [0.2, 0.25) is 0 Å². The third kappa shape index (κ3) is 3.57. The van der Waals surface area contributed by atoms with Gasteiger partial charge < -0.3 is 10.4 Å². The molecule has 1 aliphatic rings. The molecule has 0 bridgehead atoms. The molecule has 1 saturated carbocycles. The molecule has 2 aromatic rings. The number of hydrogen-bond acceptors (Lipinski definition) is 3. The van der Waals surface area contributed by atoms with Crippen molar-refractivity contribution in [3.8, 4) is 5.69 Å². The standard InChI is InChI=1S/C19H23N3O3/c1-11-7-12(2)9-14(8-11)22-13(3)10-17(21-22)18(23)20-16-6-4-5-15(16)19(24)25/h7-10,15-16H,4-6H2,1-3H3,(H,20,23)(H,24,25)/t15-,16+/m0/s1. The van der Waals surface area contributed by atoms with Crippen LogP contribution in [0, 0.1) is 26.7 Å². The zero-order chi connectivity index (χ0) is 18.1. The molecular formula is C19H23N3O3. The highest BCUT2D eigenvalue weighted by Gasteiger charge is 2.34. The number of aromatic nitrogens is 2. The molecule has 1 aromatic carbocycles. The molecule has 0 radical (unpaired) electrons. The van der Waals surface area contributed by atoms with Gasteiger partial charge in [0.1, 0.15) is 0 Å². The number of hydrogen-bond donors (Lipinski definition) is 2. The van der Waals surface area contributed by atoms with Crippen LogP contribution in [0.5, 0.6) is 0 Å². The van der Waals surface area contributed by atoms with E-state index >= 15 is 0 Å². The number of nitrogens with one attached hydrogen (secondary N) is 1. The molecule has 1 aromatic heterocycles. The van der Waals surface area contributed by atoms with Crippen LogP contribution >= 0.6 is 0 Å². The lowest BCUT2D eigenvalue weighted by Crippen LogP contribution is -2.40. The van der Waals surface area contributed by atoms with E-state index < -0.39 is 11.9 Å². The van der Waals surface area contributed by atoms with Gasteiger partial charge in [0.25, 0.3) is 5.91 Å². The molecule has 3 rings (SSSR count). The zero-order valence-electron chi connectivity index (χ0n) is 14.7. The summed E-state index contributed by atoms with van der Waals surface area (Å²) >= 11 is 0. The number of rotatable bonds is 4. The summed E-state index contributed by atoms with van der Waals surface area (Å²) in [6, 6.07) is 7.54. The highest BCUT2D eigenvalue weighted by molar-refractivity contribution is 5.93. The molecule has 0 unspecified atom stereocenters. The van der Waals surface area contributed by atoms with E-state index in [1.165, 1.54) is 0 Å². The number of nitrogens with zero attached hydrogens (tertiary/aromatic N) is 2. The summed E-state index contributed by atoms with van der Waals surface area (Å²) in [7, 11) is 0. The highest BCUT2D eigenvalue weighted by atomic mass is 16.4. The number of carboxylic acids is 1. The lowest BCUT2D eigenvalue weighted by molar-refractivity contribution is -0.142. The van der Waals surface area contributed by atoms with Crippen molar-refractivity contribution in [1.82, 2.24) is 15.1 Å². The Kier molecular flexibility index (Phi) is 4.61. The molecule has 2 atom stereocenters. The Hall–Kier alpha value is -2.63. The predicted octanol–water partition coefficient (Wildman–Crippen LogP) is 2.78.